The molecule has 0 heterocycles. The normalized spacial score (nSPS) is 35.7. The van der Waals surface area contributed by atoms with Crippen LogP contribution in [-0.2, 0) is 4.65 Å². The number of rotatable bonds is 5. The fraction of sp³-hybridized carbons (Fsp3) is 0.800. The first-order valence-electron chi connectivity index (χ1n) is 5.78. The minimum absolute atomic E-state index is 0.826. The number of halogens is 1. The first-order chi connectivity index (χ1) is 7.43. The van der Waals surface area contributed by atoms with Crippen molar-refractivity contribution >= 4 is 41.8 Å². The van der Waals surface area contributed by atoms with Gasteiger partial charge in [-0.1, -0.05) is 12.2 Å². The highest BCUT2D eigenvalue weighted by atomic mass is 127. The zero-order chi connectivity index (χ0) is 10.5. The first kappa shape index (κ1) is 12.1. The fourth-order valence-electron chi connectivity index (χ4n) is 2.64. The molecule has 77 valence electrons. The van der Waals surface area contributed by atoms with Crippen molar-refractivity contribution in [3.05, 3.63) is 12.2 Å². The smallest absolute Gasteiger partial charge is 0.232 e. The monoisotopic (exact) mass is 311 g/mol. The van der Waals surface area contributed by atoms with Gasteiger partial charge >= 0.3 is 0 Å². The third-order valence-corrected chi connectivity index (χ3v) is 3.94. The second kappa shape index (κ2) is 6.38. The Hall–Kier alpha value is 0.625. The van der Waals surface area contributed by atoms with Crippen LogP contribution < -0.4 is 0 Å². The Bertz CT molecular complexity index is 225. The van der Waals surface area contributed by atoms with Crippen LogP contribution in [0.3, 0.4) is 0 Å². The maximum absolute atomic E-state index is 5.53. The van der Waals surface area contributed by atoms with Gasteiger partial charge in [0.15, 0.2) is 0 Å². The summed E-state index contributed by atoms with van der Waals surface area (Å²) >= 11 is 2.20. The molecule has 5 heteroatoms. The van der Waals surface area contributed by atoms with Crippen molar-refractivity contribution in [3.63, 3.8) is 0 Å². The van der Waals surface area contributed by atoms with Gasteiger partial charge in [-0.05, 0) is 43.4 Å². The van der Waals surface area contributed by atoms with Crippen molar-refractivity contribution in [1.29, 1.82) is 0 Å². The van der Waals surface area contributed by atoms with E-state index >= 15 is 0 Å². The summed E-state index contributed by atoms with van der Waals surface area (Å²) in [7, 11) is 3.76. The summed E-state index contributed by atoms with van der Waals surface area (Å²) in [5.41, 5.74) is 0. The fourth-order valence-corrected chi connectivity index (χ4v) is 2.81. The molecule has 0 spiro atoms. The minimum Gasteiger partial charge on any atom is -0.452 e. The van der Waals surface area contributed by atoms with Gasteiger partial charge in [-0.15, -0.1) is 0 Å². The van der Waals surface area contributed by atoms with E-state index < -0.39 is 0 Å². The lowest BCUT2D eigenvalue weighted by Gasteiger charge is -2.00. The summed E-state index contributed by atoms with van der Waals surface area (Å²) in [5, 5.41) is 1.97. The molecule has 2 aliphatic rings. The van der Waals surface area contributed by atoms with Crippen LogP contribution in [0.5, 0.6) is 0 Å². The third-order valence-electron chi connectivity index (χ3n) is 3.53. The lowest BCUT2D eigenvalue weighted by Crippen LogP contribution is -2.14. The van der Waals surface area contributed by atoms with Crippen molar-refractivity contribution in [2.75, 3.05) is 6.61 Å². The Balaban J connectivity index is 1.65. The van der Waals surface area contributed by atoms with Gasteiger partial charge in [0.25, 0.3) is 0 Å². The van der Waals surface area contributed by atoms with E-state index in [2.05, 4.69) is 34.5 Å². The molecule has 2 aliphatic carbocycles. The van der Waals surface area contributed by atoms with Crippen LogP contribution in [0.15, 0.2) is 12.2 Å². The van der Waals surface area contributed by atoms with E-state index in [1.54, 1.807) is 0 Å². The summed E-state index contributed by atoms with van der Waals surface area (Å²) in [5.74, 6) is 2.69. The van der Waals surface area contributed by atoms with Crippen LogP contribution in [0.25, 0.3) is 0 Å². The third kappa shape index (κ3) is 3.55. The number of allylic oxidation sites excluding steroid dienone is 2. The summed E-state index contributed by atoms with van der Waals surface area (Å²) in [6.07, 6.45) is 10.0. The Kier molecular flexibility index (Phi) is 5.14. The second-order valence-electron chi connectivity index (χ2n) is 4.42. The number of fused-ring (bicyclic) bond motifs is 1. The lowest BCUT2D eigenvalue weighted by atomic mass is 9.35. The lowest BCUT2D eigenvalue weighted by molar-refractivity contribution is 0.307. The van der Waals surface area contributed by atoms with E-state index in [1.165, 1.54) is 25.7 Å². The van der Waals surface area contributed by atoms with E-state index in [1.807, 2.05) is 19.5 Å². The molecule has 0 aliphatic heterocycles. The minimum atomic E-state index is 0.826. The molecule has 3 radical (unpaired) electrons. The van der Waals surface area contributed by atoms with Gasteiger partial charge in [-0.3, -0.25) is 0 Å². The summed E-state index contributed by atoms with van der Waals surface area (Å²) in [4.78, 5) is 0. The van der Waals surface area contributed by atoms with Crippen molar-refractivity contribution in [3.8, 4) is 0 Å². The SMILES string of the molecule is I[B][B][B]OCC1C2C/C=C/CCCC21. The molecule has 0 bridgehead atoms. The average Bonchev–Trinajstić information content (AvgIpc) is 2.83. The van der Waals surface area contributed by atoms with Crippen LogP contribution in [0.2, 0.25) is 0 Å². The molecule has 0 aromatic rings. The molecule has 0 aromatic carbocycles. The molecule has 1 saturated carbocycles. The molecule has 0 saturated heterocycles. The largest absolute Gasteiger partial charge is 0.452 e. The molecule has 1 fully saturated rings. The zero-order valence-corrected chi connectivity index (χ0v) is 11.1. The molecule has 3 atom stereocenters. The van der Waals surface area contributed by atoms with Crippen molar-refractivity contribution in [2.45, 2.75) is 25.7 Å². The average molecular weight is 311 g/mol. The Morgan fingerprint density at radius 2 is 2.27 bits per heavy atom. The highest BCUT2D eigenvalue weighted by Gasteiger charge is 2.48. The Morgan fingerprint density at radius 3 is 3.13 bits per heavy atom. The molecule has 15 heavy (non-hydrogen) atoms. The van der Waals surface area contributed by atoms with Gasteiger partial charge in [0.05, 0.1) is 7.06 Å². The second-order valence-corrected chi connectivity index (χ2v) is 5.14. The predicted octanol–water partition coefficient (Wildman–Crippen LogP) is 2.20. The number of hydrogen-bond acceptors (Lipinski definition) is 1. The van der Waals surface area contributed by atoms with Crippen molar-refractivity contribution in [1.82, 2.24) is 0 Å². The molecular weight excluding hydrogens is 295 g/mol. The zero-order valence-electron chi connectivity index (χ0n) is 8.94. The van der Waals surface area contributed by atoms with Gasteiger partial charge in [0.1, 0.15) is 5.03 Å². The van der Waals surface area contributed by atoms with Crippen LogP contribution in [0, 0.1) is 17.8 Å². The van der Waals surface area contributed by atoms with E-state index in [0.29, 0.717) is 0 Å². The van der Waals surface area contributed by atoms with Gasteiger partial charge in [0, 0.05) is 6.61 Å². The highest BCUT2D eigenvalue weighted by molar-refractivity contribution is 14.1. The van der Waals surface area contributed by atoms with E-state index in [9.17, 15) is 0 Å². The van der Waals surface area contributed by atoms with Crippen molar-refractivity contribution in [2.24, 2.45) is 17.8 Å². The Labute approximate surface area is 108 Å². The maximum atomic E-state index is 5.53. The standard InChI is InChI=1S/C10H15B3IO/c14-12-11-13-15-7-10-8-5-3-1-2-4-6-9(8)10/h1,3,8-10H,2,4-7H2/b3-1+. The van der Waals surface area contributed by atoms with Crippen LogP contribution in [0.1, 0.15) is 25.7 Å². The van der Waals surface area contributed by atoms with Gasteiger partial charge in [0.2, 0.25) is 7.37 Å². The maximum Gasteiger partial charge on any atom is 0.232 e. The molecule has 0 amide bonds. The van der Waals surface area contributed by atoms with Crippen molar-refractivity contribution < 1.29 is 4.65 Å². The van der Waals surface area contributed by atoms with Gasteiger partial charge < -0.3 is 4.65 Å². The molecule has 2 rings (SSSR count). The number of hydrogen-bond donors (Lipinski definition) is 0. The van der Waals surface area contributed by atoms with E-state index in [0.717, 1.165) is 24.4 Å². The predicted molar refractivity (Wildman–Crippen MR) is 75.3 cm³/mol. The van der Waals surface area contributed by atoms with Crippen LogP contribution in [-0.4, -0.2) is 26.1 Å². The molecule has 1 nitrogen and oxygen atoms in total. The summed E-state index contributed by atoms with van der Waals surface area (Å²) in [6.45, 7) is 0.921. The van der Waals surface area contributed by atoms with Crippen LogP contribution in [0.4, 0.5) is 0 Å². The Morgan fingerprint density at radius 1 is 1.33 bits per heavy atom. The van der Waals surface area contributed by atoms with Gasteiger partial charge in [-0.2, -0.15) is 22.4 Å². The van der Waals surface area contributed by atoms with E-state index in [-0.39, 0.29) is 0 Å². The van der Waals surface area contributed by atoms with Gasteiger partial charge in [-0.25, -0.2) is 0 Å². The first-order valence-corrected chi connectivity index (χ1v) is 7.03. The molecule has 3 unspecified atom stereocenters. The summed E-state index contributed by atoms with van der Waals surface area (Å²) in [6, 6.07) is 0. The highest BCUT2D eigenvalue weighted by Crippen LogP contribution is 2.52. The topological polar surface area (TPSA) is 9.23 Å². The van der Waals surface area contributed by atoms with Crippen LogP contribution >= 0.6 is 22.4 Å². The quantitative estimate of drug-likeness (QED) is 0.327. The molecule has 0 N–H and O–H groups in total. The van der Waals surface area contributed by atoms with E-state index in [4.69, 9.17) is 4.65 Å². The summed E-state index contributed by atoms with van der Waals surface area (Å²) < 4.78 is 5.53. The molecular formula is C10H15B3IO. The molecule has 0 aromatic heterocycles.